The molecule has 2 aliphatic rings. The number of hydrogen-bond acceptors (Lipinski definition) is 4. The van der Waals surface area contributed by atoms with Gasteiger partial charge in [0.15, 0.2) is 11.6 Å². The maximum Gasteiger partial charge on any atom is 2.00 e. The van der Waals surface area contributed by atoms with Crippen LogP contribution in [0.25, 0.3) is 0 Å². The third kappa shape index (κ3) is 14.6. The van der Waals surface area contributed by atoms with Crippen molar-refractivity contribution in [3.8, 4) is 0 Å². The van der Waals surface area contributed by atoms with Gasteiger partial charge in [0.1, 0.15) is 0 Å². The van der Waals surface area contributed by atoms with Crippen LogP contribution in [0.5, 0.6) is 0 Å². The van der Waals surface area contributed by atoms with Crippen molar-refractivity contribution in [3.63, 3.8) is 0 Å². The van der Waals surface area contributed by atoms with Crippen molar-refractivity contribution in [2.24, 2.45) is 0 Å². The number of benzene rings is 8. The van der Waals surface area contributed by atoms with Crippen LogP contribution >= 0.6 is 31.7 Å². The molecular formula is C62H62O4P4Pd. The molecule has 2 aliphatic heterocycles. The molecule has 0 spiro atoms. The Bertz CT molecular complexity index is 2220. The first-order valence-corrected chi connectivity index (χ1v) is 30.0. The maximum absolute atomic E-state index is 6.58. The van der Waals surface area contributed by atoms with Gasteiger partial charge in [-0.05, 0) is 77.0 Å². The Hall–Kier alpha value is -4.02. The van der Waals surface area contributed by atoms with Gasteiger partial charge >= 0.3 is 20.4 Å². The summed E-state index contributed by atoms with van der Waals surface area (Å²) in [5.41, 5.74) is 0. The maximum atomic E-state index is 6.58. The van der Waals surface area contributed by atoms with Crippen LogP contribution in [-0.2, 0) is 39.4 Å². The minimum Gasteiger partial charge on any atom is -0.376 e. The Morgan fingerprint density at radius 3 is 0.718 bits per heavy atom. The molecule has 0 amide bonds. The van der Waals surface area contributed by atoms with Crippen molar-refractivity contribution >= 4 is 74.1 Å². The molecule has 2 fully saturated rings. The smallest absolute Gasteiger partial charge is 0.376 e. The molecule has 10 rings (SSSR count). The number of rotatable bonds is 16. The first-order valence-electron chi connectivity index (χ1n) is 24.1. The summed E-state index contributed by atoms with van der Waals surface area (Å²) in [6.07, 6.45) is 6.46. The summed E-state index contributed by atoms with van der Waals surface area (Å²) in [7, 11) is -2.54. The third-order valence-electron chi connectivity index (χ3n) is 12.2. The van der Waals surface area contributed by atoms with Gasteiger partial charge in [-0.1, -0.05) is 264 Å². The molecule has 0 bridgehead atoms. The Balaban J connectivity index is 0.000000188. The molecule has 8 aromatic carbocycles. The molecule has 0 N–H and O–H groups in total. The summed E-state index contributed by atoms with van der Waals surface area (Å²) in [6, 6.07) is 86.6. The molecule has 2 saturated heterocycles. The van der Waals surface area contributed by atoms with E-state index in [4.69, 9.17) is 18.9 Å². The van der Waals surface area contributed by atoms with Crippen LogP contribution in [0.15, 0.2) is 243 Å². The van der Waals surface area contributed by atoms with Gasteiger partial charge in [0, 0.05) is 12.3 Å². The first kappa shape index (κ1) is 53.3. The minimum absolute atomic E-state index is 0. The Kier molecular flexibility index (Phi) is 19.3. The van der Waals surface area contributed by atoms with E-state index in [-0.39, 0.29) is 44.8 Å². The molecule has 9 heteroatoms. The molecule has 71 heavy (non-hydrogen) atoms. The monoisotopic (exact) mass is 1100 g/mol. The van der Waals surface area contributed by atoms with Gasteiger partial charge in [-0.2, -0.15) is 0 Å². The zero-order valence-electron chi connectivity index (χ0n) is 40.7. The van der Waals surface area contributed by atoms with Gasteiger partial charge in [0.2, 0.25) is 0 Å². The molecule has 364 valence electrons. The second-order valence-electron chi connectivity index (χ2n) is 18.2. The summed E-state index contributed by atoms with van der Waals surface area (Å²) in [6.45, 7) is 8.14. The predicted octanol–water partition coefficient (Wildman–Crippen LogP) is 11.9. The van der Waals surface area contributed by atoms with Crippen molar-refractivity contribution in [1.82, 2.24) is 0 Å². The molecule has 0 aromatic heterocycles. The number of hydrogen-bond donors (Lipinski definition) is 0. The van der Waals surface area contributed by atoms with Gasteiger partial charge < -0.3 is 18.9 Å². The van der Waals surface area contributed by atoms with E-state index in [0.717, 1.165) is 12.3 Å². The Labute approximate surface area is 441 Å². The van der Waals surface area contributed by atoms with Crippen LogP contribution in [0.4, 0.5) is 0 Å². The molecule has 4 atom stereocenters. The standard InChI is InChI=1S/2C31H31O2P2.Pd/c2*1-31(2)32-29(23-34(25-15-7-3-8-16-25)26-17-9-4-10-18-26)30(33-31)24-35(27-19-11-5-12-20-27)28-21-13-6-14-22-28;/h2*3-23,29-30H,24H2,1-2H3;/q2*-1;+2. The van der Waals surface area contributed by atoms with Crippen LogP contribution in [0.1, 0.15) is 27.7 Å². The van der Waals surface area contributed by atoms with Crippen molar-refractivity contribution < 1.29 is 39.4 Å². The summed E-state index contributed by atoms with van der Waals surface area (Å²) in [5.74, 6) is -1.23. The van der Waals surface area contributed by atoms with Crippen molar-refractivity contribution in [3.05, 3.63) is 255 Å². The minimum atomic E-state index is -0.686. The summed E-state index contributed by atoms with van der Waals surface area (Å²) < 4.78 is 26.3. The van der Waals surface area contributed by atoms with Crippen molar-refractivity contribution in [2.45, 2.75) is 63.7 Å². The van der Waals surface area contributed by atoms with Gasteiger partial charge in [-0.25, -0.2) is 15.8 Å². The van der Waals surface area contributed by atoms with Gasteiger partial charge in [0.05, 0.1) is 12.2 Å². The normalized spacial score (nSPS) is 19.0. The van der Waals surface area contributed by atoms with Crippen LogP contribution in [0.3, 0.4) is 0 Å². The third-order valence-corrected chi connectivity index (χ3v) is 21.9. The zero-order valence-corrected chi connectivity index (χ0v) is 45.8. The van der Waals surface area contributed by atoms with E-state index in [1.807, 2.05) is 27.7 Å². The van der Waals surface area contributed by atoms with E-state index in [9.17, 15) is 0 Å². The molecule has 4 nitrogen and oxygen atoms in total. The molecule has 2 heterocycles. The second-order valence-corrected chi connectivity index (χ2v) is 26.9. The second kappa shape index (κ2) is 25.8. The SMILES string of the molecule is CC1(C)OC([CH-]P(c2ccccc2)c2ccccc2)C(CP(c2ccccc2)c2ccccc2)O1.CC1(C)OC([CH-]P(c2ccccc2)c2ccccc2)C(CP(c2ccccc2)c2ccccc2)O1.[Pd+2]. The topological polar surface area (TPSA) is 36.9 Å². The summed E-state index contributed by atoms with van der Waals surface area (Å²) >= 11 is 0. The summed E-state index contributed by atoms with van der Waals surface area (Å²) in [4.78, 5) is 0. The predicted molar refractivity (Wildman–Crippen MR) is 302 cm³/mol. The van der Waals surface area contributed by atoms with E-state index in [2.05, 4.69) is 255 Å². The quantitative estimate of drug-likeness (QED) is 0.0549. The van der Waals surface area contributed by atoms with Crippen LogP contribution < -0.4 is 42.4 Å². The average Bonchev–Trinajstić information content (AvgIpc) is 3.88. The van der Waals surface area contributed by atoms with Gasteiger partial charge in [-0.15, -0.1) is 0 Å². The van der Waals surface area contributed by atoms with E-state index in [1.54, 1.807) is 0 Å². The van der Waals surface area contributed by atoms with E-state index >= 15 is 0 Å². The molecule has 4 unspecified atom stereocenters. The zero-order chi connectivity index (χ0) is 48.2. The van der Waals surface area contributed by atoms with Crippen LogP contribution in [0, 0.1) is 12.3 Å². The van der Waals surface area contributed by atoms with Crippen LogP contribution in [0.2, 0.25) is 0 Å². The van der Waals surface area contributed by atoms with E-state index in [0.29, 0.717) is 0 Å². The average molecular weight is 1100 g/mol. The Morgan fingerprint density at radius 1 is 0.310 bits per heavy atom. The fourth-order valence-corrected chi connectivity index (χ4v) is 18.3. The summed E-state index contributed by atoms with van der Waals surface area (Å²) in [5, 5.41) is 10.8. The van der Waals surface area contributed by atoms with Crippen molar-refractivity contribution in [1.29, 1.82) is 0 Å². The fourth-order valence-electron chi connectivity index (χ4n) is 9.06. The van der Waals surface area contributed by atoms with E-state index < -0.39 is 43.3 Å². The van der Waals surface area contributed by atoms with Crippen LogP contribution in [-0.4, -0.2) is 48.3 Å². The van der Waals surface area contributed by atoms with Gasteiger partial charge in [-0.3, -0.25) is 12.3 Å². The fraction of sp³-hybridized carbons (Fsp3) is 0.194. The molecule has 0 aliphatic carbocycles. The largest absolute Gasteiger partial charge is 2.00 e. The van der Waals surface area contributed by atoms with Crippen molar-refractivity contribution in [2.75, 3.05) is 12.3 Å². The molecule has 0 radical (unpaired) electrons. The van der Waals surface area contributed by atoms with E-state index in [1.165, 1.54) is 42.4 Å². The molecule has 0 saturated carbocycles. The first-order chi connectivity index (χ1) is 34.2. The number of ether oxygens (including phenoxy) is 4. The molecular weight excluding hydrogens is 1040 g/mol. The Morgan fingerprint density at radius 2 is 0.507 bits per heavy atom. The van der Waals surface area contributed by atoms with Gasteiger partial charge in [0.25, 0.3) is 0 Å². The molecule has 8 aromatic rings.